The Morgan fingerprint density at radius 3 is 1.47 bits per heavy atom. The van der Waals surface area contributed by atoms with Gasteiger partial charge in [-0.25, -0.2) is 0 Å². The van der Waals surface area contributed by atoms with Crippen molar-refractivity contribution in [3.05, 3.63) is 162 Å². The van der Waals surface area contributed by atoms with Gasteiger partial charge >= 0.3 is 10.1 Å². The van der Waals surface area contributed by atoms with Crippen molar-refractivity contribution in [1.29, 1.82) is 0 Å². The maximum Gasteiger partial charge on any atom is 0.339 e. The monoisotopic (exact) mass is 520 g/mol. The van der Waals surface area contributed by atoms with Crippen molar-refractivity contribution in [1.82, 2.24) is 0 Å². The van der Waals surface area contributed by atoms with E-state index in [-0.39, 0.29) is 10.6 Å². The zero-order valence-electron chi connectivity index (χ0n) is 20.8. The molecule has 190 valence electrons. The van der Waals surface area contributed by atoms with Gasteiger partial charge in [0.1, 0.15) is 16.4 Å². The fourth-order valence-corrected chi connectivity index (χ4v) is 5.74. The van der Waals surface area contributed by atoms with Gasteiger partial charge < -0.3 is 8.92 Å². The van der Waals surface area contributed by atoms with Gasteiger partial charge in [-0.3, -0.25) is 0 Å². The first kappa shape index (κ1) is 25.3. The van der Waals surface area contributed by atoms with Gasteiger partial charge in [0.25, 0.3) is 0 Å². The first-order chi connectivity index (χ1) is 18.6. The quantitative estimate of drug-likeness (QED) is 0.144. The van der Waals surface area contributed by atoms with Crippen LogP contribution in [0.1, 0.15) is 23.1 Å². The molecule has 0 fully saturated rings. The predicted octanol–water partition coefficient (Wildman–Crippen LogP) is 7.26. The molecule has 0 aliphatic heterocycles. The third kappa shape index (κ3) is 5.48. The van der Waals surface area contributed by atoms with Gasteiger partial charge in [0.05, 0.1) is 6.61 Å². The van der Waals surface area contributed by atoms with E-state index in [0.29, 0.717) is 18.8 Å². The fourth-order valence-electron chi connectivity index (χ4n) is 4.80. The van der Waals surface area contributed by atoms with Gasteiger partial charge in [-0.1, -0.05) is 115 Å². The Morgan fingerprint density at radius 2 is 0.974 bits per heavy atom. The maximum absolute atomic E-state index is 12.7. The average molecular weight is 521 g/mol. The number of hydrogen-bond donors (Lipinski definition) is 0. The minimum Gasteiger partial charge on any atom is -0.493 e. The first-order valence-corrected chi connectivity index (χ1v) is 13.9. The third-order valence-electron chi connectivity index (χ3n) is 6.59. The third-order valence-corrected chi connectivity index (χ3v) is 7.85. The minimum atomic E-state index is -3.94. The highest BCUT2D eigenvalue weighted by atomic mass is 32.2. The summed E-state index contributed by atoms with van der Waals surface area (Å²) in [6.07, 6.45) is 0.665. The van der Waals surface area contributed by atoms with Crippen LogP contribution in [0, 0.1) is 0 Å². The molecule has 4 nitrogen and oxygen atoms in total. The number of benzene rings is 5. The van der Waals surface area contributed by atoms with Crippen molar-refractivity contribution >= 4 is 10.1 Å². The fraction of sp³-hybridized carbons (Fsp3) is 0.0909. The molecule has 0 heterocycles. The number of ether oxygens (including phenoxy) is 1. The van der Waals surface area contributed by atoms with Crippen LogP contribution in [0.15, 0.2) is 150 Å². The van der Waals surface area contributed by atoms with Crippen LogP contribution in [0.2, 0.25) is 0 Å². The summed E-state index contributed by atoms with van der Waals surface area (Å²) in [4.78, 5) is 0.102. The van der Waals surface area contributed by atoms with E-state index in [1.807, 2.05) is 18.2 Å². The summed E-state index contributed by atoms with van der Waals surface area (Å²) >= 11 is 0. The average Bonchev–Trinajstić information content (AvgIpc) is 2.97. The molecule has 38 heavy (non-hydrogen) atoms. The molecule has 0 aliphatic carbocycles. The molecule has 0 saturated heterocycles. The maximum atomic E-state index is 12.7. The molecule has 0 atom stereocenters. The molecule has 5 aromatic carbocycles. The van der Waals surface area contributed by atoms with Gasteiger partial charge in [0.2, 0.25) is 0 Å². The van der Waals surface area contributed by atoms with E-state index in [9.17, 15) is 8.42 Å². The summed E-state index contributed by atoms with van der Waals surface area (Å²) in [6.45, 7) is 0.396. The lowest BCUT2D eigenvalue weighted by Crippen LogP contribution is -2.31. The van der Waals surface area contributed by atoms with Crippen LogP contribution in [0.5, 0.6) is 11.5 Å². The van der Waals surface area contributed by atoms with Gasteiger partial charge in [-0.05, 0) is 47.4 Å². The van der Waals surface area contributed by atoms with E-state index < -0.39 is 15.5 Å². The van der Waals surface area contributed by atoms with Crippen molar-refractivity contribution in [2.24, 2.45) is 0 Å². The Morgan fingerprint density at radius 1 is 0.526 bits per heavy atom. The SMILES string of the molecule is O=S(=O)(Oc1cccc(OCCC(c2ccccc2)(c2ccccc2)c2ccccc2)c1)c1ccccc1. The molecule has 0 N–H and O–H groups in total. The van der Waals surface area contributed by atoms with Crippen LogP contribution in [0.3, 0.4) is 0 Å². The molecule has 0 amide bonds. The molecule has 0 aliphatic rings. The van der Waals surface area contributed by atoms with E-state index in [4.69, 9.17) is 8.92 Å². The predicted molar refractivity (Wildman–Crippen MR) is 150 cm³/mol. The second-order valence-corrected chi connectivity index (χ2v) is 10.5. The van der Waals surface area contributed by atoms with E-state index in [1.165, 1.54) is 28.8 Å². The van der Waals surface area contributed by atoms with Crippen molar-refractivity contribution in [2.75, 3.05) is 6.61 Å². The summed E-state index contributed by atoms with van der Waals surface area (Å²) in [7, 11) is -3.94. The highest BCUT2D eigenvalue weighted by molar-refractivity contribution is 7.87. The van der Waals surface area contributed by atoms with Gasteiger partial charge in [0.15, 0.2) is 0 Å². The number of rotatable bonds is 10. The van der Waals surface area contributed by atoms with Crippen LogP contribution in [0.25, 0.3) is 0 Å². The van der Waals surface area contributed by atoms with Crippen LogP contribution in [0.4, 0.5) is 0 Å². The largest absolute Gasteiger partial charge is 0.493 e. The molecule has 0 spiro atoms. The Bertz CT molecular complexity index is 1460. The van der Waals surface area contributed by atoms with E-state index >= 15 is 0 Å². The molecule has 5 heteroatoms. The molecule has 0 unspecified atom stereocenters. The lowest BCUT2D eigenvalue weighted by Gasteiger charge is -2.36. The molecule has 0 aromatic heterocycles. The highest BCUT2D eigenvalue weighted by Gasteiger charge is 2.36. The second-order valence-electron chi connectivity index (χ2n) is 8.93. The smallest absolute Gasteiger partial charge is 0.339 e. The van der Waals surface area contributed by atoms with Crippen LogP contribution in [-0.2, 0) is 15.5 Å². The van der Waals surface area contributed by atoms with E-state index in [2.05, 4.69) is 72.8 Å². The van der Waals surface area contributed by atoms with Crippen molar-refractivity contribution in [3.8, 4) is 11.5 Å². The van der Waals surface area contributed by atoms with Crippen LogP contribution < -0.4 is 8.92 Å². The molecule has 0 radical (unpaired) electrons. The molecular formula is C33H28O4S. The molecule has 5 aromatic rings. The van der Waals surface area contributed by atoms with Crippen molar-refractivity contribution in [3.63, 3.8) is 0 Å². The Balaban J connectivity index is 1.42. The Kier molecular flexibility index (Phi) is 7.57. The topological polar surface area (TPSA) is 52.6 Å². The lowest BCUT2D eigenvalue weighted by atomic mass is 9.67. The van der Waals surface area contributed by atoms with Gasteiger partial charge in [-0.2, -0.15) is 8.42 Å². The molecule has 5 rings (SSSR count). The molecule has 0 saturated carbocycles. The van der Waals surface area contributed by atoms with Crippen LogP contribution in [-0.4, -0.2) is 15.0 Å². The summed E-state index contributed by atoms with van der Waals surface area (Å²) in [5, 5.41) is 0. The summed E-state index contributed by atoms with van der Waals surface area (Å²) in [5.41, 5.74) is 3.08. The first-order valence-electron chi connectivity index (χ1n) is 12.5. The standard InChI is InChI=1S/C33H28O4S/c34-38(35,32-22-11-4-12-23-32)37-31-21-13-20-30(26-31)36-25-24-33(27-14-5-1-6-15-27,28-16-7-2-8-17-28)29-18-9-3-10-19-29/h1-23,26H,24-25H2. The number of hydrogen-bond acceptors (Lipinski definition) is 4. The van der Waals surface area contributed by atoms with E-state index in [1.54, 1.807) is 42.5 Å². The van der Waals surface area contributed by atoms with Gasteiger partial charge in [0, 0.05) is 11.5 Å². The zero-order valence-corrected chi connectivity index (χ0v) is 21.6. The van der Waals surface area contributed by atoms with Crippen LogP contribution >= 0.6 is 0 Å². The normalized spacial score (nSPS) is 11.6. The van der Waals surface area contributed by atoms with Crippen molar-refractivity contribution in [2.45, 2.75) is 16.7 Å². The second kappa shape index (κ2) is 11.4. The molecule has 0 bridgehead atoms. The highest BCUT2D eigenvalue weighted by Crippen LogP contribution is 2.42. The molecular weight excluding hydrogens is 492 g/mol. The Hall–Kier alpha value is -4.35. The lowest BCUT2D eigenvalue weighted by molar-refractivity contribution is 0.286. The van der Waals surface area contributed by atoms with Gasteiger partial charge in [-0.15, -0.1) is 0 Å². The minimum absolute atomic E-state index is 0.102. The summed E-state index contributed by atoms with van der Waals surface area (Å²) < 4.78 is 36.9. The zero-order chi connectivity index (χ0) is 26.3. The Labute approximate surface area is 224 Å². The summed E-state index contributed by atoms with van der Waals surface area (Å²) in [6, 6.07) is 46.2. The summed E-state index contributed by atoms with van der Waals surface area (Å²) in [5.74, 6) is 0.737. The van der Waals surface area contributed by atoms with Crippen molar-refractivity contribution < 1.29 is 17.3 Å². The van der Waals surface area contributed by atoms with E-state index in [0.717, 1.165) is 0 Å².